The van der Waals surface area contributed by atoms with E-state index in [2.05, 4.69) is 17.6 Å². The molecule has 1 heterocycles. The molecule has 4 heteroatoms. The van der Waals surface area contributed by atoms with Crippen molar-refractivity contribution < 1.29 is 9.53 Å². The number of carbonyl (C=O) groups is 1. The topological polar surface area (TPSA) is 50.4 Å². The lowest BCUT2D eigenvalue weighted by atomic mass is 9.82. The molecular weight excluding hydrogens is 204 g/mol. The van der Waals surface area contributed by atoms with Crippen LogP contribution in [0.4, 0.5) is 0 Å². The normalized spacial score (nSPS) is 21.4. The fraction of sp³-hybridized carbons (Fsp3) is 0.917. The first-order chi connectivity index (χ1) is 7.57. The van der Waals surface area contributed by atoms with E-state index in [0.29, 0.717) is 0 Å². The fourth-order valence-corrected chi connectivity index (χ4v) is 1.91. The van der Waals surface area contributed by atoms with Gasteiger partial charge in [-0.15, -0.1) is 0 Å². The monoisotopic (exact) mass is 228 g/mol. The fourth-order valence-electron chi connectivity index (χ4n) is 1.91. The van der Waals surface area contributed by atoms with Gasteiger partial charge in [-0.25, -0.2) is 0 Å². The van der Waals surface area contributed by atoms with E-state index < -0.39 is 0 Å². The average molecular weight is 228 g/mol. The molecule has 94 valence electrons. The van der Waals surface area contributed by atoms with Crippen LogP contribution in [0.5, 0.6) is 0 Å². The van der Waals surface area contributed by atoms with Crippen LogP contribution in [0, 0.1) is 11.3 Å². The zero-order chi connectivity index (χ0) is 12.0. The number of carbonyl (C=O) groups excluding carboxylic acids is 1. The van der Waals surface area contributed by atoms with E-state index in [0.717, 1.165) is 39.1 Å². The highest BCUT2D eigenvalue weighted by atomic mass is 16.5. The number of hydrogen-bond acceptors (Lipinski definition) is 3. The molecule has 0 spiro atoms. The quantitative estimate of drug-likeness (QED) is 0.731. The summed E-state index contributed by atoms with van der Waals surface area (Å²) in [4.78, 5) is 11.7. The summed E-state index contributed by atoms with van der Waals surface area (Å²) in [5, 5.41) is 6.06. The van der Waals surface area contributed by atoms with Crippen LogP contribution in [-0.4, -0.2) is 39.3 Å². The molecule has 0 radical (unpaired) electrons. The highest BCUT2D eigenvalue weighted by Crippen LogP contribution is 2.28. The molecular formula is C12H24N2O2. The molecule has 16 heavy (non-hydrogen) atoms. The first-order valence-electron chi connectivity index (χ1n) is 6.07. The summed E-state index contributed by atoms with van der Waals surface area (Å²) in [6.07, 6.45) is 2.07. The van der Waals surface area contributed by atoms with E-state index in [1.807, 2.05) is 14.0 Å². The lowest BCUT2D eigenvalue weighted by Gasteiger charge is -2.33. The molecule has 1 unspecified atom stereocenters. The maximum absolute atomic E-state index is 11.7. The Morgan fingerprint density at radius 3 is 2.62 bits per heavy atom. The Labute approximate surface area is 98.1 Å². The minimum Gasteiger partial charge on any atom is -0.381 e. The molecule has 0 aromatic rings. The number of nitrogens with one attached hydrogen (secondary N) is 2. The third kappa shape index (κ3) is 4.10. The summed E-state index contributed by atoms with van der Waals surface area (Å²) in [5.74, 6) is 0.176. The van der Waals surface area contributed by atoms with E-state index in [1.54, 1.807) is 0 Å². The largest absolute Gasteiger partial charge is 0.381 e. The minimum atomic E-state index is 0.0356. The summed E-state index contributed by atoms with van der Waals surface area (Å²) < 4.78 is 5.34. The van der Waals surface area contributed by atoms with Gasteiger partial charge in [-0.2, -0.15) is 0 Å². The average Bonchev–Trinajstić information content (AvgIpc) is 2.27. The molecule has 0 aliphatic carbocycles. The van der Waals surface area contributed by atoms with E-state index in [1.165, 1.54) is 0 Å². The molecule has 1 atom stereocenters. The lowest BCUT2D eigenvalue weighted by Crippen LogP contribution is -2.42. The van der Waals surface area contributed by atoms with Crippen molar-refractivity contribution in [3.63, 3.8) is 0 Å². The van der Waals surface area contributed by atoms with Crippen LogP contribution in [0.25, 0.3) is 0 Å². The number of amides is 1. The van der Waals surface area contributed by atoms with Gasteiger partial charge in [-0.1, -0.05) is 13.8 Å². The molecule has 1 aliphatic rings. The zero-order valence-corrected chi connectivity index (χ0v) is 10.6. The third-order valence-electron chi connectivity index (χ3n) is 3.35. The third-order valence-corrected chi connectivity index (χ3v) is 3.35. The van der Waals surface area contributed by atoms with Gasteiger partial charge in [0.15, 0.2) is 0 Å². The molecule has 1 rings (SSSR count). The SMILES string of the molecule is CNCC(C)C(=O)NCC1(C)CCOCC1. The molecule has 1 fully saturated rings. The van der Waals surface area contributed by atoms with Gasteiger partial charge in [0.05, 0.1) is 0 Å². The standard InChI is InChI=1S/C12H24N2O2/c1-10(8-13-3)11(15)14-9-12(2)4-6-16-7-5-12/h10,13H,4-9H2,1-3H3,(H,14,15). The van der Waals surface area contributed by atoms with E-state index in [9.17, 15) is 4.79 Å². The molecule has 0 saturated carbocycles. The molecule has 0 aromatic carbocycles. The molecule has 1 aliphatic heterocycles. The van der Waals surface area contributed by atoms with Gasteiger partial charge in [0.2, 0.25) is 5.91 Å². The van der Waals surface area contributed by atoms with Crippen LogP contribution in [0.3, 0.4) is 0 Å². The predicted octanol–water partition coefficient (Wildman–Crippen LogP) is 0.775. The van der Waals surface area contributed by atoms with Crippen molar-refractivity contribution in [2.45, 2.75) is 26.7 Å². The van der Waals surface area contributed by atoms with Crippen molar-refractivity contribution >= 4 is 5.91 Å². The van der Waals surface area contributed by atoms with Crippen molar-refractivity contribution in [1.82, 2.24) is 10.6 Å². The minimum absolute atomic E-state index is 0.0356. The molecule has 0 bridgehead atoms. The van der Waals surface area contributed by atoms with Crippen molar-refractivity contribution in [3.05, 3.63) is 0 Å². The first kappa shape index (κ1) is 13.5. The number of rotatable bonds is 5. The van der Waals surface area contributed by atoms with Crippen LogP contribution in [0.15, 0.2) is 0 Å². The Hall–Kier alpha value is -0.610. The van der Waals surface area contributed by atoms with Crippen molar-refractivity contribution in [3.8, 4) is 0 Å². The van der Waals surface area contributed by atoms with Crippen LogP contribution in [-0.2, 0) is 9.53 Å². The Kier molecular flexibility index (Phi) is 5.22. The summed E-state index contributed by atoms with van der Waals surface area (Å²) >= 11 is 0. The summed E-state index contributed by atoms with van der Waals surface area (Å²) in [5.41, 5.74) is 0.216. The van der Waals surface area contributed by atoms with E-state index in [4.69, 9.17) is 4.74 Å². The van der Waals surface area contributed by atoms with E-state index in [-0.39, 0.29) is 17.2 Å². The number of ether oxygens (including phenoxy) is 1. The Morgan fingerprint density at radius 1 is 1.44 bits per heavy atom. The molecule has 1 saturated heterocycles. The van der Waals surface area contributed by atoms with Crippen LogP contribution in [0.2, 0.25) is 0 Å². The highest BCUT2D eigenvalue weighted by Gasteiger charge is 2.28. The maximum Gasteiger partial charge on any atom is 0.224 e. The van der Waals surface area contributed by atoms with Gasteiger partial charge in [0.25, 0.3) is 0 Å². The van der Waals surface area contributed by atoms with Gasteiger partial charge >= 0.3 is 0 Å². The number of hydrogen-bond donors (Lipinski definition) is 2. The second-order valence-electron chi connectivity index (χ2n) is 5.10. The Morgan fingerprint density at radius 2 is 2.06 bits per heavy atom. The van der Waals surface area contributed by atoms with Crippen molar-refractivity contribution in [2.24, 2.45) is 11.3 Å². The van der Waals surface area contributed by atoms with Crippen molar-refractivity contribution in [2.75, 3.05) is 33.4 Å². The molecule has 1 amide bonds. The first-order valence-corrected chi connectivity index (χ1v) is 6.07. The highest BCUT2D eigenvalue weighted by molar-refractivity contribution is 5.78. The van der Waals surface area contributed by atoms with E-state index >= 15 is 0 Å². The smallest absolute Gasteiger partial charge is 0.224 e. The van der Waals surface area contributed by atoms with Crippen molar-refractivity contribution in [1.29, 1.82) is 0 Å². The van der Waals surface area contributed by atoms with Crippen LogP contribution >= 0.6 is 0 Å². The van der Waals surface area contributed by atoms with Gasteiger partial charge in [0, 0.05) is 32.2 Å². The molecule has 2 N–H and O–H groups in total. The summed E-state index contributed by atoms with van der Waals surface area (Å²) in [7, 11) is 1.86. The van der Waals surface area contributed by atoms with Gasteiger partial charge in [-0.3, -0.25) is 4.79 Å². The lowest BCUT2D eigenvalue weighted by molar-refractivity contribution is -0.125. The molecule has 0 aromatic heterocycles. The van der Waals surface area contributed by atoms with Gasteiger partial charge in [-0.05, 0) is 25.3 Å². The summed E-state index contributed by atoms with van der Waals surface area (Å²) in [6, 6.07) is 0. The van der Waals surface area contributed by atoms with Gasteiger partial charge < -0.3 is 15.4 Å². The second kappa shape index (κ2) is 6.21. The molecule has 4 nitrogen and oxygen atoms in total. The maximum atomic E-state index is 11.7. The zero-order valence-electron chi connectivity index (χ0n) is 10.6. The Balaban J connectivity index is 2.29. The summed E-state index contributed by atoms with van der Waals surface area (Å²) in [6.45, 7) is 7.29. The Bertz CT molecular complexity index is 225. The van der Waals surface area contributed by atoms with Crippen LogP contribution in [0.1, 0.15) is 26.7 Å². The van der Waals surface area contributed by atoms with Crippen LogP contribution < -0.4 is 10.6 Å². The van der Waals surface area contributed by atoms with Gasteiger partial charge in [0.1, 0.15) is 0 Å². The second-order valence-corrected chi connectivity index (χ2v) is 5.10. The predicted molar refractivity (Wildman–Crippen MR) is 64.3 cm³/mol.